The van der Waals surface area contributed by atoms with Crippen molar-refractivity contribution in [3.63, 3.8) is 0 Å². The standard InChI is InChI=1S/C21H18F3NO2S/c1-27-18-6-7-20(25-12-18)19(21(22,23)24)11-17(26)10-14-2-4-15(5-3-14)16-8-9-28-13-16/h2-9,12-13,19H,10-11H2,1H3/t19-/m0/s1. The summed E-state index contributed by atoms with van der Waals surface area (Å²) in [5.74, 6) is -2.05. The summed E-state index contributed by atoms with van der Waals surface area (Å²) in [7, 11) is 1.41. The van der Waals surface area contributed by atoms with Gasteiger partial charge in [0.2, 0.25) is 0 Å². The SMILES string of the molecule is COc1ccc([C@H](CC(=O)Cc2ccc(-c3ccsc3)cc2)C(F)(F)F)nc1. The third-order valence-corrected chi connectivity index (χ3v) is 5.07. The molecule has 0 amide bonds. The molecule has 0 aliphatic heterocycles. The van der Waals surface area contributed by atoms with Crippen LogP contribution in [0.15, 0.2) is 59.4 Å². The Morgan fingerprint density at radius 1 is 1.11 bits per heavy atom. The van der Waals surface area contributed by atoms with Gasteiger partial charge in [0.05, 0.1) is 19.0 Å². The van der Waals surface area contributed by atoms with Gasteiger partial charge in [-0.05, 0) is 45.6 Å². The number of alkyl halides is 3. The lowest BCUT2D eigenvalue weighted by molar-refractivity contribution is -0.157. The molecule has 0 radical (unpaired) electrons. The zero-order valence-corrected chi connectivity index (χ0v) is 15.9. The molecule has 3 nitrogen and oxygen atoms in total. The highest BCUT2D eigenvalue weighted by atomic mass is 32.1. The van der Waals surface area contributed by atoms with Crippen LogP contribution in [0.1, 0.15) is 23.6 Å². The van der Waals surface area contributed by atoms with E-state index in [9.17, 15) is 18.0 Å². The van der Waals surface area contributed by atoms with Crippen LogP contribution < -0.4 is 4.74 Å². The first kappa shape index (κ1) is 20.1. The molecule has 28 heavy (non-hydrogen) atoms. The van der Waals surface area contributed by atoms with Gasteiger partial charge in [-0.25, -0.2) is 0 Å². The van der Waals surface area contributed by atoms with Crippen LogP contribution in [-0.4, -0.2) is 24.1 Å². The van der Waals surface area contributed by atoms with Crippen LogP contribution in [0.25, 0.3) is 11.1 Å². The second-order valence-electron chi connectivity index (χ2n) is 6.35. The Morgan fingerprint density at radius 3 is 2.39 bits per heavy atom. The Hall–Kier alpha value is -2.67. The number of methoxy groups -OCH3 is 1. The Bertz CT molecular complexity index is 904. The van der Waals surface area contributed by atoms with Gasteiger partial charge in [-0.15, -0.1) is 0 Å². The highest BCUT2D eigenvalue weighted by molar-refractivity contribution is 7.08. The number of Topliss-reactive ketones (excluding diaryl/α,β-unsaturated/α-hetero) is 1. The quantitative estimate of drug-likeness (QED) is 0.509. The number of aromatic nitrogens is 1. The van der Waals surface area contributed by atoms with Gasteiger partial charge < -0.3 is 4.74 Å². The van der Waals surface area contributed by atoms with Crippen molar-refractivity contribution in [3.05, 3.63) is 70.7 Å². The van der Waals surface area contributed by atoms with Crippen LogP contribution >= 0.6 is 11.3 Å². The maximum Gasteiger partial charge on any atom is 0.397 e. The van der Waals surface area contributed by atoms with E-state index in [2.05, 4.69) is 4.98 Å². The molecule has 0 unspecified atom stereocenters. The zero-order valence-electron chi connectivity index (χ0n) is 15.1. The van der Waals surface area contributed by atoms with Crippen LogP contribution in [0.5, 0.6) is 5.75 Å². The monoisotopic (exact) mass is 405 g/mol. The van der Waals surface area contributed by atoms with Gasteiger partial charge in [0.1, 0.15) is 17.5 Å². The molecule has 1 aromatic carbocycles. The molecule has 3 rings (SSSR count). The Labute approximate surface area is 164 Å². The van der Waals surface area contributed by atoms with Gasteiger partial charge in [0, 0.05) is 12.8 Å². The Kier molecular flexibility index (Phi) is 6.14. The van der Waals surface area contributed by atoms with E-state index in [1.165, 1.54) is 25.4 Å². The first-order valence-electron chi connectivity index (χ1n) is 8.56. The summed E-state index contributed by atoms with van der Waals surface area (Å²) >= 11 is 1.58. The highest BCUT2D eigenvalue weighted by Crippen LogP contribution is 2.37. The molecular weight excluding hydrogens is 387 g/mol. The number of halogens is 3. The van der Waals surface area contributed by atoms with Gasteiger partial charge in [-0.1, -0.05) is 24.3 Å². The molecule has 1 atom stereocenters. The molecule has 2 aromatic heterocycles. The predicted molar refractivity (Wildman–Crippen MR) is 103 cm³/mol. The predicted octanol–water partition coefficient (Wildman–Crippen LogP) is 5.67. The summed E-state index contributed by atoms with van der Waals surface area (Å²) in [5, 5.41) is 3.98. The van der Waals surface area contributed by atoms with E-state index in [1.807, 2.05) is 29.0 Å². The molecule has 0 spiro atoms. The van der Waals surface area contributed by atoms with Gasteiger partial charge in [-0.2, -0.15) is 24.5 Å². The topological polar surface area (TPSA) is 39.2 Å². The fourth-order valence-electron chi connectivity index (χ4n) is 2.88. The third-order valence-electron chi connectivity index (χ3n) is 4.39. The average Bonchev–Trinajstić information content (AvgIpc) is 3.21. The molecule has 3 aromatic rings. The van der Waals surface area contributed by atoms with Crippen molar-refractivity contribution in [1.29, 1.82) is 0 Å². The summed E-state index contributed by atoms with van der Waals surface area (Å²) in [6.07, 6.45) is -4.02. The van der Waals surface area contributed by atoms with Gasteiger partial charge in [0.15, 0.2) is 0 Å². The molecule has 0 N–H and O–H groups in total. The van der Waals surface area contributed by atoms with E-state index in [0.717, 1.165) is 11.1 Å². The molecule has 0 fully saturated rings. The lowest BCUT2D eigenvalue weighted by Crippen LogP contribution is -2.25. The molecule has 7 heteroatoms. The number of nitrogens with zero attached hydrogens (tertiary/aromatic N) is 1. The van der Waals surface area contributed by atoms with Crippen molar-refractivity contribution < 1.29 is 22.7 Å². The van der Waals surface area contributed by atoms with E-state index in [-0.39, 0.29) is 12.1 Å². The number of ketones is 1. The lowest BCUT2D eigenvalue weighted by Gasteiger charge is -2.19. The van der Waals surface area contributed by atoms with Crippen LogP contribution in [0.3, 0.4) is 0 Å². The third kappa shape index (κ3) is 4.98. The summed E-state index contributed by atoms with van der Waals surface area (Å²) in [5.41, 5.74) is 2.58. The molecule has 0 saturated heterocycles. The molecule has 0 bridgehead atoms. The van der Waals surface area contributed by atoms with E-state index in [4.69, 9.17) is 4.74 Å². The minimum Gasteiger partial charge on any atom is -0.495 e. The van der Waals surface area contributed by atoms with Crippen molar-refractivity contribution in [3.8, 4) is 16.9 Å². The van der Waals surface area contributed by atoms with E-state index >= 15 is 0 Å². The number of pyridine rings is 1. The second-order valence-corrected chi connectivity index (χ2v) is 7.13. The summed E-state index contributed by atoms with van der Waals surface area (Å²) in [4.78, 5) is 16.1. The first-order valence-corrected chi connectivity index (χ1v) is 9.51. The van der Waals surface area contributed by atoms with Crippen LogP contribution in [0.2, 0.25) is 0 Å². The number of hydrogen-bond acceptors (Lipinski definition) is 4. The molecule has 0 aliphatic rings. The number of carbonyl (C=O) groups is 1. The molecule has 2 heterocycles. The minimum absolute atomic E-state index is 0.0490. The van der Waals surface area contributed by atoms with Crippen molar-refractivity contribution in [2.75, 3.05) is 7.11 Å². The molecular formula is C21H18F3NO2S. The number of benzene rings is 1. The fourth-order valence-corrected chi connectivity index (χ4v) is 3.54. The number of rotatable bonds is 7. The lowest BCUT2D eigenvalue weighted by atomic mass is 9.94. The largest absolute Gasteiger partial charge is 0.495 e. The van der Waals surface area contributed by atoms with Crippen molar-refractivity contribution in [2.45, 2.75) is 24.9 Å². The smallest absolute Gasteiger partial charge is 0.397 e. The van der Waals surface area contributed by atoms with E-state index in [0.29, 0.717) is 11.3 Å². The Balaban J connectivity index is 1.69. The summed E-state index contributed by atoms with van der Waals surface area (Å²) in [6, 6.07) is 11.9. The van der Waals surface area contributed by atoms with Crippen molar-refractivity contribution in [2.24, 2.45) is 0 Å². The number of hydrogen-bond donors (Lipinski definition) is 0. The van der Waals surface area contributed by atoms with E-state index in [1.54, 1.807) is 23.5 Å². The highest BCUT2D eigenvalue weighted by Gasteiger charge is 2.42. The molecule has 0 aliphatic carbocycles. The van der Waals surface area contributed by atoms with Gasteiger partial charge in [0.25, 0.3) is 0 Å². The molecule has 146 valence electrons. The normalized spacial score (nSPS) is 12.6. The van der Waals surface area contributed by atoms with Crippen LogP contribution in [0, 0.1) is 0 Å². The maximum atomic E-state index is 13.5. The number of carbonyl (C=O) groups excluding carboxylic acids is 1. The minimum atomic E-state index is -4.56. The van der Waals surface area contributed by atoms with E-state index < -0.39 is 24.3 Å². The van der Waals surface area contributed by atoms with Crippen LogP contribution in [-0.2, 0) is 11.2 Å². The Morgan fingerprint density at radius 2 is 1.86 bits per heavy atom. The summed E-state index contributed by atoms with van der Waals surface area (Å²) < 4.78 is 45.3. The van der Waals surface area contributed by atoms with Gasteiger partial charge >= 0.3 is 6.18 Å². The zero-order chi connectivity index (χ0) is 20.1. The average molecular weight is 405 g/mol. The van der Waals surface area contributed by atoms with Gasteiger partial charge in [-0.3, -0.25) is 9.78 Å². The van der Waals surface area contributed by atoms with Crippen molar-refractivity contribution in [1.82, 2.24) is 4.98 Å². The first-order chi connectivity index (χ1) is 13.4. The van der Waals surface area contributed by atoms with Crippen molar-refractivity contribution >= 4 is 17.1 Å². The number of thiophene rings is 1. The van der Waals surface area contributed by atoms with Crippen LogP contribution in [0.4, 0.5) is 13.2 Å². The molecule has 0 saturated carbocycles. The number of ether oxygens (including phenoxy) is 1. The second kappa shape index (κ2) is 8.56. The maximum absolute atomic E-state index is 13.5. The fraction of sp³-hybridized carbons (Fsp3) is 0.238. The summed E-state index contributed by atoms with van der Waals surface area (Å²) in [6.45, 7) is 0.